The number of hydrogen-bond donors (Lipinski definition) is 2. The van der Waals surface area contributed by atoms with E-state index in [1.807, 2.05) is 0 Å². The highest BCUT2D eigenvalue weighted by Crippen LogP contribution is 1.91. The first-order chi connectivity index (χ1) is 4.22. The van der Waals surface area contributed by atoms with Gasteiger partial charge in [0.05, 0.1) is 6.61 Å². The first kappa shape index (κ1) is 8.23. The first-order valence-corrected chi connectivity index (χ1v) is 2.51. The van der Waals surface area contributed by atoms with Gasteiger partial charge in [0.2, 0.25) is 0 Å². The Balaban J connectivity index is 4.10. The van der Waals surface area contributed by atoms with Crippen molar-refractivity contribution in [3.8, 4) is 0 Å². The van der Waals surface area contributed by atoms with Crippen molar-refractivity contribution in [2.75, 3.05) is 6.61 Å². The second-order valence-corrected chi connectivity index (χ2v) is 1.64. The van der Waals surface area contributed by atoms with E-state index in [1.165, 1.54) is 6.21 Å². The van der Waals surface area contributed by atoms with Crippen molar-refractivity contribution in [2.45, 2.75) is 6.92 Å². The quantitative estimate of drug-likeness (QED) is 0.380. The van der Waals surface area contributed by atoms with Crippen LogP contribution in [0, 0.1) is 0 Å². The molecule has 4 heteroatoms. The van der Waals surface area contributed by atoms with Gasteiger partial charge in [-0.25, -0.2) is 0 Å². The SMILES string of the molecule is [B]N=CC(C)=C(N)CO. The van der Waals surface area contributed by atoms with Gasteiger partial charge in [0.1, 0.15) is 0 Å². The highest BCUT2D eigenvalue weighted by molar-refractivity contribution is 6.11. The van der Waals surface area contributed by atoms with Gasteiger partial charge >= 0.3 is 0 Å². The summed E-state index contributed by atoms with van der Waals surface area (Å²) in [5.41, 5.74) is 6.37. The molecular formula is C5H9BN2O. The fourth-order valence-electron chi connectivity index (χ4n) is 0.319. The standard InChI is InChI=1S/C5H9BN2O/c1-4(2-8-6)5(7)3-9/h2,9H,3,7H2,1H3. The minimum atomic E-state index is -0.155. The fraction of sp³-hybridized carbons (Fsp3) is 0.400. The van der Waals surface area contributed by atoms with Crippen molar-refractivity contribution < 1.29 is 5.11 Å². The minimum absolute atomic E-state index is 0.155. The molecule has 3 N–H and O–H groups in total. The van der Waals surface area contributed by atoms with Gasteiger partial charge in [-0.05, 0) is 12.5 Å². The van der Waals surface area contributed by atoms with Crippen molar-refractivity contribution in [1.82, 2.24) is 0 Å². The smallest absolute Gasteiger partial charge is 0.259 e. The van der Waals surface area contributed by atoms with Gasteiger partial charge in [0.15, 0.2) is 0 Å². The Hall–Kier alpha value is -0.765. The van der Waals surface area contributed by atoms with E-state index in [2.05, 4.69) is 4.90 Å². The van der Waals surface area contributed by atoms with Crippen LogP contribution in [0.2, 0.25) is 0 Å². The molecule has 9 heavy (non-hydrogen) atoms. The minimum Gasteiger partial charge on any atom is -0.400 e. The molecule has 0 aliphatic rings. The summed E-state index contributed by atoms with van der Waals surface area (Å²) in [5.74, 6) is 0. The van der Waals surface area contributed by atoms with E-state index in [0.29, 0.717) is 11.3 Å². The van der Waals surface area contributed by atoms with Gasteiger partial charge < -0.3 is 15.7 Å². The molecule has 0 spiro atoms. The van der Waals surface area contributed by atoms with Gasteiger partial charge in [-0.3, -0.25) is 0 Å². The number of nitrogens with zero attached hydrogens (tertiary/aromatic N) is 1. The monoisotopic (exact) mass is 124 g/mol. The van der Waals surface area contributed by atoms with E-state index in [0.717, 1.165) is 0 Å². The lowest BCUT2D eigenvalue weighted by Gasteiger charge is -1.96. The number of aliphatic hydroxyl groups is 1. The topological polar surface area (TPSA) is 58.6 Å². The number of nitrogens with two attached hydrogens (primary N) is 1. The third kappa shape index (κ3) is 2.92. The molecule has 0 fully saturated rings. The summed E-state index contributed by atoms with van der Waals surface area (Å²) in [5, 5.41) is 8.45. The Morgan fingerprint density at radius 3 is 2.78 bits per heavy atom. The van der Waals surface area contributed by atoms with E-state index in [4.69, 9.17) is 18.8 Å². The maximum Gasteiger partial charge on any atom is 0.259 e. The Kier molecular flexibility index (Phi) is 3.79. The van der Waals surface area contributed by atoms with Crippen LogP contribution < -0.4 is 5.73 Å². The zero-order chi connectivity index (χ0) is 7.28. The van der Waals surface area contributed by atoms with Crippen molar-refractivity contribution in [1.29, 1.82) is 0 Å². The third-order valence-electron chi connectivity index (χ3n) is 0.945. The van der Waals surface area contributed by atoms with Gasteiger partial charge in [-0.15, -0.1) is 0 Å². The molecule has 2 radical (unpaired) electrons. The summed E-state index contributed by atoms with van der Waals surface area (Å²) in [6.07, 6.45) is 1.39. The molecule has 48 valence electrons. The molecule has 3 nitrogen and oxygen atoms in total. The van der Waals surface area contributed by atoms with Crippen LogP contribution in [0.5, 0.6) is 0 Å². The number of rotatable bonds is 2. The van der Waals surface area contributed by atoms with Crippen molar-refractivity contribution >= 4 is 14.2 Å². The van der Waals surface area contributed by atoms with Crippen LogP contribution >= 0.6 is 0 Å². The van der Waals surface area contributed by atoms with Crippen LogP contribution in [-0.4, -0.2) is 25.9 Å². The normalized spacial score (nSPS) is 14.0. The zero-order valence-electron chi connectivity index (χ0n) is 5.33. The van der Waals surface area contributed by atoms with Gasteiger partial charge in [0.25, 0.3) is 7.98 Å². The summed E-state index contributed by atoms with van der Waals surface area (Å²) in [4.78, 5) is 3.23. The van der Waals surface area contributed by atoms with Crippen LogP contribution in [0.25, 0.3) is 0 Å². The third-order valence-corrected chi connectivity index (χ3v) is 0.945. The molecule has 0 aromatic rings. The molecular weight excluding hydrogens is 115 g/mol. The second kappa shape index (κ2) is 4.15. The molecule has 0 saturated heterocycles. The van der Waals surface area contributed by atoms with E-state index in [1.54, 1.807) is 6.92 Å². The summed E-state index contributed by atoms with van der Waals surface area (Å²) < 4.78 is 0. The van der Waals surface area contributed by atoms with Crippen LogP contribution in [0.3, 0.4) is 0 Å². The molecule has 0 rings (SSSR count). The maximum absolute atomic E-state index is 8.45. The summed E-state index contributed by atoms with van der Waals surface area (Å²) in [6, 6.07) is 0. The average molecular weight is 124 g/mol. The Bertz CT molecular complexity index is 142. The molecule has 0 bridgehead atoms. The van der Waals surface area contributed by atoms with Crippen molar-refractivity contribution in [3.63, 3.8) is 0 Å². The molecule has 0 unspecified atom stereocenters. The fourth-order valence-corrected chi connectivity index (χ4v) is 0.319. The predicted molar refractivity (Wildman–Crippen MR) is 38.2 cm³/mol. The Labute approximate surface area is 55.7 Å². The molecule has 0 heterocycles. The number of aliphatic hydroxyl groups excluding tert-OH is 1. The average Bonchev–Trinajstić information content (AvgIpc) is 1.87. The molecule has 0 saturated carbocycles. The maximum atomic E-state index is 8.45. The summed E-state index contributed by atoms with van der Waals surface area (Å²) in [6.45, 7) is 1.57. The van der Waals surface area contributed by atoms with E-state index >= 15 is 0 Å². The molecule has 0 aliphatic heterocycles. The van der Waals surface area contributed by atoms with Crippen molar-refractivity contribution in [3.05, 3.63) is 11.3 Å². The predicted octanol–water partition coefficient (Wildman–Crippen LogP) is -0.634. The number of hydrogen-bond acceptors (Lipinski definition) is 3. The Morgan fingerprint density at radius 1 is 1.89 bits per heavy atom. The van der Waals surface area contributed by atoms with Crippen molar-refractivity contribution in [2.24, 2.45) is 10.6 Å². The highest BCUT2D eigenvalue weighted by atomic mass is 16.3. The van der Waals surface area contributed by atoms with E-state index < -0.39 is 0 Å². The Morgan fingerprint density at radius 2 is 2.44 bits per heavy atom. The van der Waals surface area contributed by atoms with Gasteiger partial charge in [0, 0.05) is 11.9 Å². The first-order valence-electron chi connectivity index (χ1n) is 2.51. The zero-order valence-corrected chi connectivity index (χ0v) is 5.33. The molecule has 0 aromatic carbocycles. The van der Waals surface area contributed by atoms with Crippen LogP contribution in [-0.2, 0) is 0 Å². The van der Waals surface area contributed by atoms with Gasteiger partial charge in [-0.1, -0.05) is 0 Å². The lowest BCUT2D eigenvalue weighted by Crippen LogP contribution is -2.05. The number of allylic oxidation sites excluding steroid dienone is 1. The summed E-state index contributed by atoms with van der Waals surface area (Å²) >= 11 is 0. The van der Waals surface area contributed by atoms with Crippen LogP contribution in [0.4, 0.5) is 0 Å². The molecule has 0 atom stereocenters. The second-order valence-electron chi connectivity index (χ2n) is 1.64. The lowest BCUT2D eigenvalue weighted by molar-refractivity contribution is 0.329. The van der Waals surface area contributed by atoms with E-state index in [9.17, 15) is 0 Å². The lowest BCUT2D eigenvalue weighted by atomic mass is 10.2. The van der Waals surface area contributed by atoms with E-state index in [-0.39, 0.29) is 6.61 Å². The molecule has 0 aliphatic carbocycles. The van der Waals surface area contributed by atoms with Crippen LogP contribution in [0.15, 0.2) is 16.2 Å². The largest absolute Gasteiger partial charge is 0.400 e. The van der Waals surface area contributed by atoms with Gasteiger partial charge in [-0.2, -0.15) is 0 Å². The molecule has 0 amide bonds. The van der Waals surface area contributed by atoms with Crippen LogP contribution in [0.1, 0.15) is 6.92 Å². The highest BCUT2D eigenvalue weighted by Gasteiger charge is 1.89. The molecule has 0 aromatic heterocycles. The summed E-state index contributed by atoms with van der Waals surface area (Å²) in [7, 11) is 4.82.